The third-order valence-corrected chi connectivity index (χ3v) is 4.51. The average Bonchev–Trinajstić information content (AvgIpc) is 3.16. The molecule has 6 nitrogen and oxygen atoms in total. The maximum atomic E-state index is 8.56. The third kappa shape index (κ3) is 5.09. The number of nitrogens with two attached hydrogens (primary N) is 1. The van der Waals surface area contributed by atoms with Crippen LogP contribution in [0.25, 0.3) is 5.69 Å². The zero-order valence-corrected chi connectivity index (χ0v) is 13.9. The molecule has 3 atom stereocenters. The van der Waals surface area contributed by atoms with Gasteiger partial charge in [0.25, 0.3) is 0 Å². The van der Waals surface area contributed by atoms with Crippen molar-refractivity contribution in [3.8, 4) is 5.69 Å². The van der Waals surface area contributed by atoms with Gasteiger partial charge < -0.3 is 20.5 Å². The summed E-state index contributed by atoms with van der Waals surface area (Å²) in [6.45, 7) is 3.05. The minimum atomic E-state index is -1.83. The second kappa shape index (κ2) is 8.49. The molecule has 130 valence electrons. The summed E-state index contributed by atoms with van der Waals surface area (Å²) in [5, 5.41) is 13.9. The highest BCUT2D eigenvalue weighted by Crippen LogP contribution is 2.50. The van der Waals surface area contributed by atoms with Gasteiger partial charge in [-0.3, -0.25) is 0 Å². The highest BCUT2D eigenvalue weighted by Gasteiger charge is 2.40. The molecular weight excluding hydrogens is 306 g/mol. The fraction of sp³-hybridized carbons (Fsp3) is 0.444. The zero-order valence-electron chi connectivity index (χ0n) is 13.9. The number of benzene rings is 1. The SMILES string of the molecule is CCC(CN)CC1CC1c1cn(-c2ccccc2)cn1.O=C(O)O. The van der Waals surface area contributed by atoms with Crippen LogP contribution in [0.3, 0.4) is 0 Å². The van der Waals surface area contributed by atoms with Crippen molar-refractivity contribution >= 4 is 6.16 Å². The van der Waals surface area contributed by atoms with Crippen molar-refractivity contribution in [1.82, 2.24) is 9.55 Å². The average molecular weight is 331 g/mol. The van der Waals surface area contributed by atoms with Gasteiger partial charge in [0.1, 0.15) is 0 Å². The molecule has 2 aromatic rings. The summed E-state index contributed by atoms with van der Waals surface area (Å²) in [5.74, 6) is 2.13. The molecule has 1 aromatic carbocycles. The highest BCUT2D eigenvalue weighted by molar-refractivity contribution is 5.53. The Kier molecular flexibility index (Phi) is 6.37. The fourth-order valence-corrected chi connectivity index (χ4v) is 3.00. The quantitative estimate of drug-likeness (QED) is 0.751. The minimum Gasteiger partial charge on any atom is -0.450 e. The van der Waals surface area contributed by atoms with Crippen molar-refractivity contribution in [2.24, 2.45) is 17.6 Å². The lowest BCUT2D eigenvalue weighted by Gasteiger charge is -2.10. The molecule has 3 rings (SSSR count). The summed E-state index contributed by atoms with van der Waals surface area (Å²) in [7, 11) is 0. The van der Waals surface area contributed by atoms with E-state index < -0.39 is 6.16 Å². The maximum absolute atomic E-state index is 8.56. The van der Waals surface area contributed by atoms with Gasteiger partial charge in [-0.25, -0.2) is 9.78 Å². The Morgan fingerprint density at radius 1 is 1.38 bits per heavy atom. The summed E-state index contributed by atoms with van der Waals surface area (Å²) in [4.78, 5) is 13.2. The van der Waals surface area contributed by atoms with Crippen LogP contribution < -0.4 is 5.73 Å². The number of rotatable bonds is 6. The van der Waals surface area contributed by atoms with E-state index in [2.05, 4.69) is 46.9 Å². The van der Waals surface area contributed by atoms with Gasteiger partial charge in [-0.05, 0) is 43.4 Å². The van der Waals surface area contributed by atoms with Gasteiger partial charge >= 0.3 is 6.16 Å². The van der Waals surface area contributed by atoms with Crippen LogP contribution in [0.2, 0.25) is 0 Å². The summed E-state index contributed by atoms with van der Waals surface area (Å²) < 4.78 is 2.12. The van der Waals surface area contributed by atoms with Gasteiger partial charge in [-0.2, -0.15) is 0 Å². The Balaban J connectivity index is 0.000000471. The Labute approximate surface area is 142 Å². The molecule has 1 saturated carbocycles. The molecule has 1 aliphatic carbocycles. The lowest BCUT2D eigenvalue weighted by atomic mass is 9.98. The number of nitrogens with zero attached hydrogens (tertiary/aromatic N) is 2. The van der Waals surface area contributed by atoms with Crippen LogP contribution in [0.5, 0.6) is 0 Å². The van der Waals surface area contributed by atoms with E-state index in [9.17, 15) is 0 Å². The molecule has 1 aliphatic rings. The van der Waals surface area contributed by atoms with E-state index in [0.29, 0.717) is 11.8 Å². The molecule has 1 heterocycles. The van der Waals surface area contributed by atoms with Crippen LogP contribution in [0.1, 0.15) is 37.8 Å². The van der Waals surface area contributed by atoms with Crippen molar-refractivity contribution in [1.29, 1.82) is 0 Å². The number of hydrogen-bond acceptors (Lipinski definition) is 3. The van der Waals surface area contributed by atoms with Crippen LogP contribution in [0.15, 0.2) is 42.9 Å². The topological polar surface area (TPSA) is 101 Å². The normalized spacial score (nSPS) is 19.9. The minimum absolute atomic E-state index is 0.653. The second-order valence-electron chi connectivity index (χ2n) is 6.17. The van der Waals surface area contributed by atoms with E-state index in [1.807, 2.05) is 12.4 Å². The fourth-order valence-electron chi connectivity index (χ4n) is 3.00. The molecule has 0 aliphatic heterocycles. The summed E-state index contributed by atoms with van der Waals surface area (Å²) in [6.07, 6.45) is 6.01. The molecule has 0 spiro atoms. The van der Waals surface area contributed by atoms with Gasteiger partial charge in [-0.15, -0.1) is 0 Å². The van der Waals surface area contributed by atoms with Crippen molar-refractivity contribution in [2.75, 3.05) is 6.54 Å². The Morgan fingerprint density at radius 2 is 2.04 bits per heavy atom. The van der Waals surface area contributed by atoms with E-state index in [1.54, 1.807) is 0 Å². The molecule has 6 heteroatoms. The lowest BCUT2D eigenvalue weighted by molar-refractivity contribution is 0.137. The monoisotopic (exact) mass is 331 g/mol. The third-order valence-electron chi connectivity index (χ3n) is 4.51. The number of carbonyl (C=O) groups is 1. The first-order valence-corrected chi connectivity index (χ1v) is 8.26. The van der Waals surface area contributed by atoms with E-state index in [4.69, 9.17) is 20.7 Å². The second-order valence-corrected chi connectivity index (χ2v) is 6.17. The maximum Gasteiger partial charge on any atom is 0.503 e. The number of imidazole rings is 1. The summed E-state index contributed by atoms with van der Waals surface area (Å²) >= 11 is 0. The first-order chi connectivity index (χ1) is 11.5. The molecule has 0 bridgehead atoms. The Hall–Kier alpha value is -2.34. The van der Waals surface area contributed by atoms with E-state index in [1.165, 1.54) is 30.6 Å². The molecule has 1 aromatic heterocycles. The summed E-state index contributed by atoms with van der Waals surface area (Å²) in [5.41, 5.74) is 8.22. The molecule has 0 saturated heterocycles. The van der Waals surface area contributed by atoms with Crippen molar-refractivity contribution < 1.29 is 15.0 Å². The van der Waals surface area contributed by atoms with Crippen LogP contribution in [-0.2, 0) is 0 Å². The van der Waals surface area contributed by atoms with Crippen molar-refractivity contribution in [2.45, 2.75) is 32.1 Å². The van der Waals surface area contributed by atoms with Crippen molar-refractivity contribution in [3.05, 3.63) is 48.5 Å². The molecule has 0 radical (unpaired) electrons. The number of aromatic nitrogens is 2. The van der Waals surface area contributed by atoms with Gasteiger partial charge in [0.2, 0.25) is 0 Å². The van der Waals surface area contributed by atoms with Crippen molar-refractivity contribution in [3.63, 3.8) is 0 Å². The smallest absolute Gasteiger partial charge is 0.450 e. The zero-order chi connectivity index (χ0) is 17.5. The van der Waals surface area contributed by atoms with Gasteiger partial charge in [0, 0.05) is 17.8 Å². The van der Waals surface area contributed by atoms with Crippen LogP contribution in [-0.4, -0.2) is 32.5 Å². The molecule has 0 amide bonds. The highest BCUT2D eigenvalue weighted by atomic mass is 16.6. The first kappa shape index (κ1) is 18.0. The van der Waals surface area contributed by atoms with Gasteiger partial charge in [0.05, 0.1) is 12.0 Å². The number of hydrogen-bond donors (Lipinski definition) is 3. The number of para-hydroxylation sites is 1. The molecular formula is C18H25N3O3. The van der Waals surface area contributed by atoms with Crippen LogP contribution >= 0.6 is 0 Å². The van der Waals surface area contributed by atoms with E-state index >= 15 is 0 Å². The Bertz CT molecular complexity index is 634. The lowest BCUT2D eigenvalue weighted by Crippen LogP contribution is -2.14. The van der Waals surface area contributed by atoms with E-state index in [-0.39, 0.29) is 0 Å². The predicted octanol–water partition coefficient (Wildman–Crippen LogP) is 3.57. The standard InChI is InChI=1S/C17H23N3.CH2O3/c1-2-13(10-18)8-14-9-16(14)17-11-20(12-19-17)15-6-4-3-5-7-15;2-1(3)4/h3-7,11-14,16H,2,8-10,18H2,1H3;(H2,2,3,4). The molecule has 4 N–H and O–H groups in total. The van der Waals surface area contributed by atoms with Crippen LogP contribution in [0, 0.1) is 11.8 Å². The molecule has 24 heavy (non-hydrogen) atoms. The summed E-state index contributed by atoms with van der Waals surface area (Å²) in [6, 6.07) is 10.4. The van der Waals surface area contributed by atoms with Crippen LogP contribution in [0.4, 0.5) is 4.79 Å². The van der Waals surface area contributed by atoms with E-state index in [0.717, 1.165) is 12.5 Å². The predicted molar refractivity (Wildman–Crippen MR) is 92.5 cm³/mol. The number of carboxylic acid groups (broad SMARTS) is 2. The molecule has 1 fully saturated rings. The molecule has 3 unspecified atom stereocenters. The first-order valence-electron chi connectivity index (χ1n) is 8.26. The Morgan fingerprint density at radius 3 is 2.62 bits per heavy atom. The largest absolute Gasteiger partial charge is 0.503 e. The van der Waals surface area contributed by atoms with Gasteiger partial charge in [0.15, 0.2) is 0 Å². The van der Waals surface area contributed by atoms with Gasteiger partial charge in [-0.1, -0.05) is 31.5 Å².